The van der Waals surface area contributed by atoms with E-state index < -0.39 is 15.8 Å². The van der Waals surface area contributed by atoms with Gasteiger partial charge < -0.3 is 4.74 Å². The second-order valence-electron chi connectivity index (χ2n) is 4.07. The van der Waals surface area contributed by atoms with Crippen LogP contribution in [0.25, 0.3) is 0 Å². The van der Waals surface area contributed by atoms with Crippen LogP contribution in [0.4, 0.5) is 0 Å². The van der Waals surface area contributed by atoms with Crippen LogP contribution in [0.5, 0.6) is 0 Å². The monoisotopic (exact) mass is 270 g/mol. The minimum Gasteiger partial charge on any atom is -0.466 e. The van der Waals surface area contributed by atoms with Gasteiger partial charge in [-0.15, -0.1) is 0 Å². The van der Waals surface area contributed by atoms with Gasteiger partial charge in [0, 0.05) is 0 Å². The number of carbonyl (C=O) groups is 1. The van der Waals surface area contributed by atoms with Gasteiger partial charge >= 0.3 is 5.97 Å². The maximum absolute atomic E-state index is 11.9. The maximum atomic E-state index is 11.9. The number of hydrogen-bond acceptors (Lipinski definition) is 4. The lowest BCUT2D eigenvalue weighted by atomic mass is 10.1. The van der Waals surface area contributed by atoms with Gasteiger partial charge in [0.05, 0.1) is 24.5 Å². The molecule has 0 heterocycles. The van der Waals surface area contributed by atoms with E-state index in [1.54, 1.807) is 13.0 Å². The Balaban J connectivity index is 2.60. The zero-order chi connectivity index (χ0) is 13.6. The van der Waals surface area contributed by atoms with E-state index >= 15 is 0 Å². The van der Waals surface area contributed by atoms with Crippen LogP contribution in [-0.4, -0.2) is 26.7 Å². The molecule has 0 aliphatic rings. The Kier molecular flexibility index (Phi) is 5.34. The molecule has 0 unspecified atom stereocenters. The quantitative estimate of drug-likeness (QED) is 0.740. The molecule has 5 heteroatoms. The molecule has 0 radical (unpaired) electrons. The highest BCUT2D eigenvalue weighted by atomic mass is 32.2. The molecule has 0 aliphatic heterocycles. The number of benzene rings is 1. The summed E-state index contributed by atoms with van der Waals surface area (Å²) in [5.74, 6) is -0.662. The highest BCUT2D eigenvalue weighted by Gasteiger charge is 2.15. The number of rotatable bonds is 6. The van der Waals surface area contributed by atoms with Crippen molar-refractivity contribution >= 4 is 15.8 Å². The summed E-state index contributed by atoms with van der Waals surface area (Å²) >= 11 is 0. The van der Waals surface area contributed by atoms with E-state index in [2.05, 4.69) is 0 Å². The minimum absolute atomic E-state index is 0.0287. The van der Waals surface area contributed by atoms with Gasteiger partial charge in [0.2, 0.25) is 0 Å². The Morgan fingerprint density at radius 3 is 2.56 bits per heavy atom. The lowest BCUT2D eigenvalue weighted by Crippen LogP contribution is -2.15. The molecule has 0 bridgehead atoms. The van der Waals surface area contributed by atoms with Crippen LogP contribution in [0.1, 0.15) is 24.5 Å². The first kappa shape index (κ1) is 14.7. The van der Waals surface area contributed by atoms with E-state index in [1.165, 1.54) is 0 Å². The first-order chi connectivity index (χ1) is 8.44. The van der Waals surface area contributed by atoms with Gasteiger partial charge in [-0.25, -0.2) is 8.42 Å². The molecule has 0 amide bonds. The molecule has 1 aromatic rings. The van der Waals surface area contributed by atoms with Crippen LogP contribution < -0.4 is 0 Å². The van der Waals surface area contributed by atoms with Gasteiger partial charge in [-0.3, -0.25) is 4.79 Å². The third-order valence-electron chi connectivity index (χ3n) is 2.56. The predicted molar refractivity (Wildman–Crippen MR) is 69.9 cm³/mol. The number of ether oxygens (including phenoxy) is 1. The van der Waals surface area contributed by atoms with Crippen molar-refractivity contribution in [3.05, 3.63) is 35.4 Å². The summed E-state index contributed by atoms with van der Waals surface area (Å²) in [6.07, 6.45) is -0.0813. The molecule has 0 spiro atoms. The smallest absolute Gasteiger partial charge is 0.306 e. The van der Waals surface area contributed by atoms with E-state index in [-0.39, 0.29) is 24.5 Å². The minimum atomic E-state index is -3.27. The average Bonchev–Trinajstić information content (AvgIpc) is 2.30. The van der Waals surface area contributed by atoms with Crippen LogP contribution in [0.2, 0.25) is 0 Å². The molecule has 0 saturated carbocycles. The van der Waals surface area contributed by atoms with Gasteiger partial charge in [-0.05, 0) is 25.0 Å². The highest BCUT2D eigenvalue weighted by Crippen LogP contribution is 2.12. The van der Waals surface area contributed by atoms with Crippen LogP contribution in [0.15, 0.2) is 24.3 Å². The van der Waals surface area contributed by atoms with E-state index in [4.69, 9.17) is 4.74 Å². The highest BCUT2D eigenvalue weighted by molar-refractivity contribution is 7.90. The normalized spacial score (nSPS) is 11.2. The van der Waals surface area contributed by atoms with Gasteiger partial charge in [0.25, 0.3) is 0 Å². The Morgan fingerprint density at radius 1 is 1.28 bits per heavy atom. The number of esters is 1. The SMILES string of the molecule is CCOC(=O)CCS(=O)(=O)Cc1ccccc1C. The Labute approximate surface area is 108 Å². The Morgan fingerprint density at radius 2 is 1.94 bits per heavy atom. The Hall–Kier alpha value is -1.36. The molecular weight excluding hydrogens is 252 g/mol. The largest absolute Gasteiger partial charge is 0.466 e. The van der Waals surface area contributed by atoms with Crippen molar-refractivity contribution in [1.29, 1.82) is 0 Å². The second kappa shape index (κ2) is 6.54. The molecule has 0 N–H and O–H groups in total. The summed E-state index contributed by atoms with van der Waals surface area (Å²) in [5.41, 5.74) is 1.72. The van der Waals surface area contributed by atoms with Crippen LogP contribution in [0, 0.1) is 6.92 Å². The third-order valence-corrected chi connectivity index (χ3v) is 4.14. The number of sulfone groups is 1. The first-order valence-electron chi connectivity index (χ1n) is 5.85. The predicted octanol–water partition coefficient (Wildman–Crippen LogP) is 1.86. The maximum Gasteiger partial charge on any atom is 0.306 e. The van der Waals surface area contributed by atoms with E-state index in [1.807, 2.05) is 25.1 Å². The fourth-order valence-electron chi connectivity index (χ4n) is 1.55. The standard InChI is InChI=1S/C13H18O4S/c1-3-17-13(14)8-9-18(15,16)10-12-7-5-4-6-11(12)2/h4-7H,3,8-10H2,1-2H3. The topological polar surface area (TPSA) is 60.4 Å². The van der Waals surface area contributed by atoms with Crippen LogP contribution in [0.3, 0.4) is 0 Å². The summed E-state index contributed by atoms with van der Waals surface area (Å²) in [5, 5.41) is 0. The lowest BCUT2D eigenvalue weighted by molar-refractivity contribution is -0.142. The van der Waals surface area contributed by atoms with Crippen molar-refractivity contribution in [2.24, 2.45) is 0 Å². The fourth-order valence-corrected chi connectivity index (χ4v) is 2.97. The van der Waals surface area contributed by atoms with Gasteiger partial charge in [0.15, 0.2) is 9.84 Å². The van der Waals surface area contributed by atoms with E-state index in [9.17, 15) is 13.2 Å². The summed E-state index contributed by atoms with van der Waals surface area (Å²) in [4.78, 5) is 11.1. The molecule has 0 aromatic heterocycles. The van der Waals surface area contributed by atoms with Crippen LogP contribution >= 0.6 is 0 Å². The molecule has 4 nitrogen and oxygen atoms in total. The van der Waals surface area contributed by atoms with Crippen molar-refractivity contribution in [3.8, 4) is 0 Å². The molecule has 0 fully saturated rings. The molecule has 100 valence electrons. The summed E-state index contributed by atoms with van der Waals surface area (Å²) in [7, 11) is -3.27. The molecule has 0 aliphatic carbocycles. The summed E-state index contributed by atoms with van der Waals surface area (Å²) in [6.45, 7) is 3.84. The number of aryl methyl sites for hydroxylation is 1. The zero-order valence-electron chi connectivity index (χ0n) is 10.7. The van der Waals surface area contributed by atoms with Crippen molar-refractivity contribution in [2.75, 3.05) is 12.4 Å². The van der Waals surface area contributed by atoms with Gasteiger partial charge in [0.1, 0.15) is 0 Å². The summed E-state index contributed by atoms with van der Waals surface area (Å²) < 4.78 is 28.4. The second-order valence-corrected chi connectivity index (χ2v) is 6.26. The molecule has 1 aromatic carbocycles. The molecule has 0 atom stereocenters. The van der Waals surface area contributed by atoms with Gasteiger partial charge in [-0.2, -0.15) is 0 Å². The first-order valence-corrected chi connectivity index (χ1v) is 7.67. The van der Waals surface area contributed by atoms with Crippen molar-refractivity contribution in [1.82, 2.24) is 0 Å². The van der Waals surface area contributed by atoms with E-state index in [0.29, 0.717) is 0 Å². The van der Waals surface area contributed by atoms with Crippen LogP contribution in [-0.2, 0) is 25.1 Å². The average molecular weight is 270 g/mol. The van der Waals surface area contributed by atoms with E-state index in [0.717, 1.165) is 11.1 Å². The summed E-state index contributed by atoms with van der Waals surface area (Å²) in [6, 6.07) is 7.33. The molecule has 18 heavy (non-hydrogen) atoms. The van der Waals surface area contributed by atoms with Crippen molar-refractivity contribution in [3.63, 3.8) is 0 Å². The molecule has 0 saturated heterocycles. The number of hydrogen-bond donors (Lipinski definition) is 0. The van der Waals surface area contributed by atoms with Crippen molar-refractivity contribution < 1.29 is 17.9 Å². The Bertz CT molecular complexity index is 505. The third kappa shape index (κ3) is 4.87. The van der Waals surface area contributed by atoms with Crippen molar-refractivity contribution in [2.45, 2.75) is 26.0 Å². The van der Waals surface area contributed by atoms with Gasteiger partial charge in [-0.1, -0.05) is 24.3 Å². The zero-order valence-corrected chi connectivity index (χ0v) is 11.5. The lowest BCUT2D eigenvalue weighted by Gasteiger charge is -2.07. The number of carbonyl (C=O) groups excluding carboxylic acids is 1. The molecular formula is C13H18O4S. The fraction of sp³-hybridized carbons (Fsp3) is 0.462. The molecule has 1 rings (SSSR count).